The second-order valence-electron chi connectivity index (χ2n) is 4.68. The van der Waals surface area contributed by atoms with Gasteiger partial charge in [0.15, 0.2) is 0 Å². The van der Waals surface area contributed by atoms with Crippen LogP contribution in [0.25, 0.3) is 0 Å². The Balaban J connectivity index is 1.87. The Morgan fingerprint density at radius 3 is 3.18 bits per heavy atom. The van der Waals surface area contributed by atoms with Crippen LogP contribution in [0.3, 0.4) is 0 Å². The molecule has 4 heteroatoms. The second-order valence-corrected chi connectivity index (χ2v) is 4.68. The van der Waals surface area contributed by atoms with E-state index in [0.29, 0.717) is 6.04 Å². The first-order chi connectivity index (χ1) is 8.38. The van der Waals surface area contributed by atoms with Crippen molar-refractivity contribution in [2.45, 2.75) is 38.8 Å². The van der Waals surface area contributed by atoms with Gasteiger partial charge in [-0.3, -0.25) is 4.90 Å². The van der Waals surface area contributed by atoms with E-state index in [2.05, 4.69) is 27.1 Å². The molecule has 1 saturated heterocycles. The van der Waals surface area contributed by atoms with E-state index < -0.39 is 0 Å². The van der Waals surface area contributed by atoms with Gasteiger partial charge in [0.05, 0.1) is 5.69 Å². The van der Waals surface area contributed by atoms with Gasteiger partial charge in [-0.1, -0.05) is 6.92 Å². The smallest absolute Gasteiger partial charge is 0.115 e. The molecule has 1 atom stereocenters. The molecule has 2 rings (SSSR count). The third-order valence-corrected chi connectivity index (χ3v) is 3.40. The summed E-state index contributed by atoms with van der Waals surface area (Å²) in [7, 11) is 0. The van der Waals surface area contributed by atoms with E-state index in [4.69, 9.17) is 0 Å². The number of hydrogen-bond donors (Lipinski definition) is 1. The molecule has 0 radical (unpaired) electrons. The van der Waals surface area contributed by atoms with Gasteiger partial charge < -0.3 is 5.32 Å². The normalized spacial score (nSPS) is 23.0. The molecule has 1 aromatic rings. The molecule has 0 spiro atoms. The van der Waals surface area contributed by atoms with Crippen molar-refractivity contribution in [2.75, 3.05) is 19.6 Å². The van der Waals surface area contributed by atoms with Crippen LogP contribution in [0.15, 0.2) is 18.6 Å². The van der Waals surface area contributed by atoms with Crippen molar-refractivity contribution in [2.24, 2.45) is 0 Å². The summed E-state index contributed by atoms with van der Waals surface area (Å²) in [5.41, 5.74) is 1.13. The van der Waals surface area contributed by atoms with Gasteiger partial charge in [-0.05, 0) is 38.4 Å². The summed E-state index contributed by atoms with van der Waals surface area (Å²) >= 11 is 0. The van der Waals surface area contributed by atoms with Crippen molar-refractivity contribution in [3.63, 3.8) is 0 Å². The van der Waals surface area contributed by atoms with E-state index in [1.165, 1.54) is 19.3 Å². The van der Waals surface area contributed by atoms with Gasteiger partial charge in [-0.2, -0.15) is 0 Å². The van der Waals surface area contributed by atoms with Gasteiger partial charge in [0.25, 0.3) is 0 Å². The van der Waals surface area contributed by atoms with Gasteiger partial charge in [0, 0.05) is 25.3 Å². The molecule has 4 nitrogen and oxygen atoms in total. The molecule has 1 aliphatic rings. The molecular formula is C13H22N4. The maximum absolute atomic E-state index is 4.30. The predicted molar refractivity (Wildman–Crippen MR) is 68.6 cm³/mol. The van der Waals surface area contributed by atoms with Crippen molar-refractivity contribution in [3.05, 3.63) is 24.3 Å². The fourth-order valence-electron chi connectivity index (χ4n) is 2.31. The monoisotopic (exact) mass is 234 g/mol. The van der Waals surface area contributed by atoms with Gasteiger partial charge in [0.2, 0.25) is 0 Å². The Labute approximate surface area is 103 Å². The third kappa shape index (κ3) is 4.06. The van der Waals surface area contributed by atoms with Crippen LogP contribution in [0.5, 0.6) is 0 Å². The summed E-state index contributed by atoms with van der Waals surface area (Å²) in [5, 5.41) is 3.60. The lowest BCUT2D eigenvalue weighted by Crippen LogP contribution is -2.39. The van der Waals surface area contributed by atoms with E-state index in [9.17, 15) is 0 Å². The minimum atomic E-state index is 0.684. The Morgan fingerprint density at radius 2 is 2.41 bits per heavy atom. The van der Waals surface area contributed by atoms with E-state index in [1.807, 2.05) is 12.3 Å². The van der Waals surface area contributed by atoms with Gasteiger partial charge >= 0.3 is 0 Å². The SMILES string of the molecule is CCC1CCN(Cc2ccncn2)CCCN1. The lowest BCUT2D eigenvalue weighted by atomic mass is 10.1. The van der Waals surface area contributed by atoms with E-state index in [0.717, 1.165) is 31.9 Å². The number of nitrogens with one attached hydrogen (secondary N) is 1. The number of hydrogen-bond acceptors (Lipinski definition) is 4. The van der Waals surface area contributed by atoms with Crippen molar-refractivity contribution in [1.29, 1.82) is 0 Å². The maximum atomic E-state index is 4.30. The highest BCUT2D eigenvalue weighted by molar-refractivity contribution is 4.97. The van der Waals surface area contributed by atoms with Crippen LogP contribution in [0.2, 0.25) is 0 Å². The summed E-state index contributed by atoms with van der Waals surface area (Å²) in [4.78, 5) is 10.8. The minimum absolute atomic E-state index is 0.684. The molecule has 0 aliphatic carbocycles. The molecule has 1 fully saturated rings. The molecule has 1 unspecified atom stereocenters. The quantitative estimate of drug-likeness (QED) is 0.859. The molecule has 1 aliphatic heterocycles. The summed E-state index contributed by atoms with van der Waals surface area (Å²) in [6.07, 6.45) is 7.14. The zero-order valence-corrected chi connectivity index (χ0v) is 10.6. The molecule has 0 saturated carbocycles. The van der Waals surface area contributed by atoms with Gasteiger partial charge in [0.1, 0.15) is 6.33 Å². The second kappa shape index (κ2) is 6.67. The summed E-state index contributed by atoms with van der Waals surface area (Å²) in [6.45, 7) is 6.68. The Hall–Kier alpha value is -1.00. The summed E-state index contributed by atoms with van der Waals surface area (Å²) < 4.78 is 0. The lowest BCUT2D eigenvalue weighted by molar-refractivity contribution is 0.222. The Kier molecular flexibility index (Phi) is 4.88. The van der Waals surface area contributed by atoms with Crippen LogP contribution >= 0.6 is 0 Å². The van der Waals surface area contributed by atoms with Crippen LogP contribution in [0, 0.1) is 0 Å². The average Bonchev–Trinajstić information content (AvgIpc) is 2.35. The molecule has 17 heavy (non-hydrogen) atoms. The molecule has 1 aromatic heterocycles. The average molecular weight is 234 g/mol. The van der Waals surface area contributed by atoms with E-state index >= 15 is 0 Å². The van der Waals surface area contributed by atoms with Crippen LogP contribution < -0.4 is 5.32 Å². The van der Waals surface area contributed by atoms with Crippen LogP contribution in [-0.4, -0.2) is 40.5 Å². The van der Waals surface area contributed by atoms with Crippen LogP contribution in [0.1, 0.15) is 31.9 Å². The first kappa shape index (κ1) is 12.5. The molecule has 94 valence electrons. The van der Waals surface area contributed by atoms with E-state index in [-0.39, 0.29) is 0 Å². The predicted octanol–water partition coefficient (Wildman–Crippen LogP) is 1.44. The summed E-state index contributed by atoms with van der Waals surface area (Å²) in [5.74, 6) is 0. The van der Waals surface area contributed by atoms with Crippen LogP contribution in [-0.2, 0) is 6.54 Å². The fourth-order valence-corrected chi connectivity index (χ4v) is 2.31. The van der Waals surface area contributed by atoms with Crippen molar-refractivity contribution in [1.82, 2.24) is 20.2 Å². The molecule has 0 bridgehead atoms. The third-order valence-electron chi connectivity index (χ3n) is 3.40. The first-order valence-electron chi connectivity index (χ1n) is 6.59. The molecule has 1 N–H and O–H groups in total. The Morgan fingerprint density at radius 1 is 1.47 bits per heavy atom. The minimum Gasteiger partial charge on any atom is -0.314 e. The largest absolute Gasteiger partial charge is 0.314 e. The standard InChI is InChI=1S/C13H22N4/c1-2-12-5-9-17(8-3-6-15-12)10-13-4-7-14-11-16-13/h4,7,11-12,15H,2-3,5-6,8-10H2,1H3. The molecule has 0 aromatic carbocycles. The van der Waals surface area contributed by atoms with Gasteiger partial charge in [-0.25, -0.2) is 9.97 Å². The number of rotatable bonds is 3. The summed E-state index contributed by atoms with van der Waals surface area (Å²) in [6, 6.07) is 2.69. The van der Waals surface area contributed by atoms with E-state index in [1.54, 1.807) is 6.33 Å². The highest BCUT2D eigenvalue weighted by Crippen LogP contribution is 2.08. The lowest BCUT2D eigenvalue weighted by Gasteiger charge is -2.28. The fraction of sp³-hybridized carbons (Fsp3) is 0.692. The van der Waals surface area contributed by atoms with Crippen molar-refractivity contribution in [3.8, 4) is 0 Å². The molecule has 0 amide bonds. The Bertz CT molecular complexity index is 314. The molecule has 2 heterocycles. The van der Waals surface area contributed by atoms with Crippen molar-refractivity contribution >= 4 is 0 Å². The topological polar surface area (TPSA) is 41.1 Å². The number of nitrogens with zero attached hydrogens (tertiary/aromatic N) is 3. The number of aromatic nitrogens is 2. The van der Waals surface area contributed by atoms with Gasteiger partial charge in [-0.15, -0.1) is 0 Å². The maximum Gasteiger partial charge on any atom is 0.115 e. The van der Waals surface area contributed by atoms with Crippen LogP contribution in [0.4, 0.5) is 0 Å². The highest BCUT2D eigenvalue weighted by Gasteiger charge is 2.13. The van der Waals surface area contributed by atoms with Crippen molar-refractivity contribution < 1.29 is 0 Å². The molecular weight excluding hydrogens is 212 g/mol. The highest BCUT2D eigenvalue weighted by atomic mass is 15.1. The zero-order chi connectivity index (χ0) is 11.9. The zero-order valence-electron chi connectivity index (χ0n) is 10.6. The first-order valence-corrected chi connectivity index (χ1v) is 6.59.